The van der Waals surface area contributed by atoms with Gasteiger partial charge in [0.25, 0.3) is 0 Å². The van der Waals surface area contributed by atoms with Crippen molar-refractivity contribution in [2.24, 2.45) is 5.41 Å². The van der Waals surface area contributed by atoms with Crippen LogP contribution in [-0.2, 0) is 9.59 Å². The van der Waals surface area contributed by atoms with Crippen molar-refractivity contribution in [2.45, 2.75) is 39.7 Å². The Bertz CT molecular complexity index is 483. The van der Waals surface area contributed by atoms with Crippen LogP contribution in [0.5, 0.6) is 0 Å². The fraction of sp³-hybridized carbons (Fsp3) is 0.583. The highest BCUT2D eigenvalue weighted by atomic mass is 16.5. The third kappa shape index (κ3) is 1.87. The molecule has 1 atom stereocenters. The number of amides is 1. The first-order valence-corrected chi connectivity index (χ1v) is 5.85. The van der Waals surface area contributed by atoms with Gasteiger partial charge in [-0.3, -0.25) is 9.59 Å². The monoisotopic (exact) mass is 252 g/mol. The molecule has 0 aromatic carbocycles. The van der Waals surface area contributed by atoms with E-state index in [1.54, 1.807) is 20.8 Å². The molecule has 98 valence electrons. The lowest BCUT2D eigenvalue weighted by Gasteiger charge is -2.17. The van der Waals surface area contributed by atoms with Gasteiger partial charge in [-0.05, 0) is 33.6 Å². The molecule has 1 aliphatic carbocycles. The fourth-order valence-corrected chi connectivity index (χ4v) is 2.18. The van der Waals surface area contributed by atoms with Gasteiger partial charge in [0.15, 0.2) is 0 Å². The average molecular weight is 252 g/mol. The normalized spacial score (nSPS) is 18.2. The number of hydrogen-bond donors (Lipinski definition) is 2. The molecular formula is C12H16N2O4. The Labute approximate surface area is 104 Å². The van der Waals surface area contributed by atoms with Crippen LogP contribution < -0.4 is 5.32 Å². The molecule has 0 spiro atoms. The number of aryl methyl sites for hydroxylation is 2. The topological polar surface area (TPSA) is 92.4 Å². The second-order valence-electron chi connectivity index (χ2n) is 4.82. The number of rotatable bonds is 4. The highest BCUT2D eigenvalue weighted by molar-refractivity contribution is 6.04. The second kappa shape index (κ2) is 4.12. The van der Waals surface area contributed by atoms with Crippen LogP contribution in [0.3, 0.4) is 0 Å². The van der Waals surface area contributed by atoms with E-state index < -0.39 is 17.3 Å². The van der Waals surface area contributed by atoms with Gasteiger partial charge in [0.1, 0.15) is 11.2 Å². The van der Waals surface area contributed by atoms with Crippen molar-refractivity contribution in [1.29, 1.82) is 0 Å². The summed E-state index contributed by atoms with van der Waals surface area (Å²) in [5.41, 5.74) is 0.303. The zero-order valence-corrected chi connectivity index (χ0v) is 10.6. The van der Waals surface area contributed by atoms with Gasteiger partial charge in [-0.1, -0.05) is 5.16 Å². The van der Waals surface area contributed by atoms with Crippen molar-refractivity contribution in [3.63, 3.8) is 0 Å². The average Bonchev–Trinajstić information content (AvgIpc) is 3.02. The van der Waals surface area contributed by atoms with E-state index in [2.05, 4.69) is 10.5 Å². The van der Waals surface area contributed by atoms with E-state index in [-0.39, 0.29) is 6.04 Å². The maximum Gasteiger partial charge on any atom is 0.319 e. The highest BCUT2D eigenvalue weighted by Gasteiger charge is 2.57. The summed E-state index contributed by atoms with van der Waals surface area (Å²) in [5, 5.41) is 15.6. The number of aromatic nitrogens is 1. The number of carbonyl (C=O) groups is 2. The molecule has 1 heterocycles. The van der Waals surface area contributed by atoms with Gasteiger partial charge in [0.2, 0.25) is 5.91 Å². The molecule has 1 fully saturated rings. The van der Waals surface area contributed by atoms with Crippen LogP contribution in [0, 0.1) is 19.3 Å². The summed E-state index contributed by atoms with van der Waals surface area (Å²) < 4.78 is 5.03. The predicted molar refractivity (Wildman–Crippen MR) is 61.8 cm³/mol. The van der Waals surface area contributed by atoms with E-state index in [1.807, 2.05) is 0 Å². The standard InChI is InChI=1S/C12H16N2O4/c1-6(9-7(2)14-18-8(9)3)13-10(15)12(4-5-12)11(16)17/h6H,4-5H2,1-3H3,(H,13,15)(H,16,17)/t6-/m1/s1. The third-order valence-corrected chi connectivity index (χ3v) is 3.46. The Kier molecular flexibility index (Phi) is 2.88. The number of nitrogens with zero attached hydrogens (tertiary/aromatic N) is 1. The van der Waals surface area contributed by atoms with Crippen LogP contribution in [0.25, 0.3) is 0 Å². The van der Waals surface area contributed by atoms with Gasteiger partial charge in [-0.25, -0.2) is 0 Å². The van der Waals surface area contributed by atoms with Gasteiger partial charge >= 0.3 is 5.97 Å². The van der Waals surface area contributed by atoms with Crippen LogP contribution in [0.1, 0.15) is 42.8 Å². The molecule has 0 unspecified atom stereocenters. The van der Waals surface area contributed by atoms with Crippen molar-refractivity contribution in [3.05, 3.63) is 17.0 Å². The molecule has 1 aliphatic rings. The van der Waals surface area contributed by atoms with E-state index in [1.165, 1.54) is 0 Å². The predicted octanol–water partition coefficient (Wildman–Crippen LogP) is 1.33. The minimum absolute atomic E-state index is 0.305. The highest BCUT2D eigenvalue weighted by Crippen LogP contribution is 2.46. The lowest BCUT2D eigenvalue weighted by molar-refractivity contribution is -0.149. The quantitative estimate of drug-likeness (QED) is 0.789. The third-order valence-electron chi connectivity index (χ3n) is 3.46. The molecule has 18 heavy (non-hydrogen) atoms. The lowest BCUT2D eigenvalue weighted by atomic mass is 10.0. The van der Waals surface area contributed by atoms with Crippen LogP contribution in [0.15, 0.2) is 4.52 Å². The van der Waals surface area contributed by atoms with Crippen LogP contribution in [-0.4, -0.2) is 22.1 Å². The van der Waals surface area contributed by atoms with E-state index in [4.69, 9.17) is 9.63 Å². The van der Waals surface area contributed by atoms with Gasteiger partial charge in [-0.15, -0.1) is 0 Å². The molecule has 1 aromatic heterocycles. The summed E-state index contributed by atoms with van der Waals surface area (Å²) in [7, 11) is 0. The minimum Gasteiger partial charge on any atom is -0.480 e. The number of aliphatic carboxylic acids is 1. The summed E-state index contributed by atoms with van der Waals surface area (Å²) in [6.07, 6.45) is 0.810. The van der Waals surface area contributed by atoms with E-state index >= 15 is 0 Å². The number of carboxylic acid groups (broad SMARTS) is 1. The van der Waals surface area contributed by atoms with Gasteiger partial charge in [0, 0.05) is 5.56 Å². The molecule has 1 amide bonds. The van der Waals surface area contributed by atoms with Crippen molar-refractivity contribution < 1.29 is 19.2 Å². The number of carboxylic acids is 1. The molecular weight excluding hydrogens is 236 g/mol. The Morgan fingerprint density at radius 3 is 2.44 bits per heavy atom. The molecule has 0 aliphatic heterocycles. The van der Waals surface area contributed by atoms with E-state index in [0.29, 0.717) is 24.3 Å². The smallest absolute Gasteiger partial charge is 0.319 e. The zero-order chi connectivity index (χ0) is 13.5. The Balaban J connectivity index is 2.11. The molecule has 2 N–H and O–H groups in total. The summed E-state index contributed by atoms with van der Waals surface area (Å²) in [4.78, 5) is 23.0. The zero-order valence-electron chi connectivity index (χ0n) is 10.6. The van der Waals surface area contributed by atoms with Gasteiger partial charge in [-0.2, -0.15) is 0 Å². The molecule has 1 saturated carbocycles. The summed E-state index contributed by atoms with van der Waals surface area (Å²) in [5.74, 6) is -0.839. The summed E-state index contributed by atoms with van der Waals surface area (Å²) >= 11 is 0. The van der Waals surface area contributed by atoms with Crippen molar-refractivity contribution in [1.82, 2.24) is 10.5 Å². The first-order chi connectivity index (χ1) is 8.38. The molecule has 2 rings (SSSR count). The number of nitrogens with one attached hydrogen (secondary N) is 1. The maximum atomic E-state index is 12.0. The summed E-state index contributed by atoms with van der Waals surface area (Å²) in [6.45, 7) is 5.35. The first-order valence-electron chi connectivity index (χ1n) is 5.85. The fourth-order valence-electron chi connectivity index (χ4n) is 2.18. The van der Waals surface area contributed by atoms with Crippen molar-refractivity contribution in [2.75, 3.05) is 0 Å². The van der Waals surface area contributed by atoms with E-state index in [9.17, 15) is 9.59 Å². The second-order valence-corrected chi connectivity index (χ2v) is 4.82. The largest absolute Gasteiger partial charge is 0.480 e. The molecule has 1 aromatic rings. The Morgan fingerprint density at radius 2 is 2.06 bits per heavy atom. The van der Waals surface area contributed by atoms with Crippen LogP contribution >= 0.6 is 0 Å². The van der Waals surface area contributed by atoms with Crippen LogP contribution in [0.2, 0.25) is 0 Å². The number of carbonyl (C=O) groups excluding carboxylic acids is 1. The molecule has 6 nitrogen and oxygen atoms in total. The Hall–Kier alpha value is -1.85. The van der Waals surface area contributed by atoms with Crippen molar-refractivity contribution >= 4 is 11.9 Å². The van der Waals surface area contributed by atoms with E-state index in [0.717, 1.165) is 5.56 Å². The minimum atomic E-state index is -1.22. The molecule has 0 radical (unpaired) electrons. The summed E-state index contributed by atoms with van der Waals surface area (Å²) in [6, 6.07) is -0.305. The lowest BCUT2D eigenvalue weighted by Crippen LogP contribution is -2.38. The molecule has 0 saturated heterocycles. The number of hydrogen-bond acceptors (Lipinski definition) is 4. The Morgan fingerprint density at radius 1 is 1.44 bits per heavy atom. The van der Waals surface area contributed by atoms with Gasteiger partial charge in [0.05, 0.1) is 11.7 Å². The van der Waals surface area contributed by atoms with Gasteiger partial charge < -0.3 is 14.9 Å². The molecule has 6 heteroatoms. The van der Waals surface area contributed by atoms with Crippen molar-refractivity contribution in [3.8, 4) is 0 Å². The maximum absolute atomic E-state index is 12.0. The molecule has 0 bridgehead atoms. The van der Waals surface area contributed by atoms with Crippen LogP contribution in [0.4, 0.5) is 0 Å². The SMILES string of the molecule is Cc1noc(C)c1[C@@H](C)NC(=O)C1(C(=O)O)CC1. The first kappa shape index (κ1) is 12.6.